The molecule has 0 radical (unpaired) electrons. The van der Waals surface area contributed by atoms with Crippen LogP contribution in [0.3, 0.4) is 0 Å². The highest BCUT2D eigenvalue weighted by Crippen LogP contribution is 2.22. The minimum Gasteiger partial charge on any atom is -0.399 e. The molecule has 9 nitrogen and oxygen atoms in total. The standard InChI is InChI=1S/C20H27N5O4S/c1-15(26)25(18-6-4-17(22)5-7-18)20(27)16(12-21)13-24(10-9-23(2)3)19-8-11-30(28,29)14-19/h4-7,13,19H,8-11,14,22H2,1-3H3/b16-13-. The molecule has 1 unspecified atom stereocenters. The van der Waals surface area contributed by atoms with Crippen LogP contribution in [0.25, 0.3) is 0 Å². The van der Waals surface area contributed by atoms with E-state index in [0.717, 1.165) is 4.90 Å². The van der Waals surface area contributed by atoms with Crippen molar-refractivity contribution >= 4 is 33.0 Å². The van der Waals surface area contributed by atoms with Crippen LogP contribution in [-0.4, -0.2) is 74.8 Å². The van der Waals surface area contributed by atoms with E-state index in [1.54, 1.807) is 17.0 Å². The van der Waals surface area contributed by atoms with Gasteiger partial charge in [0, 0.05) is 37.9 Å². The fourth-order valence-electron chi connectivity index (χ4n) is 3.19. The summed E-state index contributed by atoms with van der Waals surface area (Å²) in [4.78, 5) is 29.8. The van der Waals surface area contributed by atoms with Crippen LogP contribution in [0.4, 0.5) is 11.4 Å². The van der Waals surface area contributed by atoms with E-state index in [1.165, 1.54) is 25.3 Å². The van der Waals surface area contributed by atoms with Gasteiger partial charge in [0.05, 0.1) is 17.2 Å². The number of nitrogens with zero attached hydrogens (tertiary/aromatic N) is 4. The number of imide groups is 1. The van der Waals surface area contributed by atoms with E-state index in [-0.39, 0.29) is 23.1 Å². The number of carbonyl (C=O) groups is 2. The molecule has 0 bridgehead atoms. The third kappa shape index (κ3) is 6.05. The zero-order valence-electron chi connectivity index (χ0n) is 17.4. The van der Waals surface area contributed by atoms with Crippen LogP contribution in [-0.2, 0) is 19.4 Å². The van der Waals surface area contributed by atoms with Gasteiger partial charge in [0.25, 0.3) is 5.91 Å². The molecule has 0 aliphatic carbocycles. The summed E-state index contributed by atoms with van der Waals surface area (Å²) in [7, 11) is 0.607. The molecule has 1 fully saturated rings. The summed E-state index contributed by atoms with van der Waals surface area (Å²) in [5.74, 6) is -1.28. The van der Waals surface area contributed by atoms with Gasteiger partial charge in [0.2, 0.25) is 5.91 Å². The lowest BCUT2D eigenvalue weighted by atomic mass is 10.2. The lowest BCUT2D eigenvalue weighted by Crippen LogP contribution is -2.40. The van der Waals surface area contributed by atoms with Crippen molar-refractivity contribution in [1.29, 1.82) is 5.26 Å². The lowest BCUT2D eigenvalue weighted by Gasteiger charge is -2.29. The first-order valence-electron chi connectivity index (χ1n) is 9.47. The normalized spacial score (nSPS) is 18.1. The number of nitriles is 1. The molecule has 1 saturated heterocycles. The second-order valence-corrected chi connectivity index (χ2v) is 9.73. The van der Waals surface area contributed by atoms with Gasteiger partial charge in [-0.1, -0.05) is 0 Å². The quantitative estimate of drug-likeness (QED) is 0.376. The summed E-state index contributed by atoms with van der Waals surface area (Å²) in [5.41, 5.74) is 6.20. The molecule has 30 heavy (non-hydrogen) atoms. The third-order valence-electron chi connectivity index (χ3n) is 4.80. The van der Waals surface area contributed by atoms with Crippen molar-refractivity contribution in [3.8, 4) is 6.07 Å². The van der Waals surface area contributed by atoms with Gasteiger partial charge in [-0.25, -0.2) is 13.3 Å². The Morgan fingerprint density at radius 3 is 2.33 bits per heavy atom. The first-order valence-corrected chi connectivity index (χ1v) is 11.3. The number of hydrogen-bond acceptors (Lipinski definition) is 8. The van der Waals surface area contributed by atoms with E-state index in [4.69, 9.17) is 5.73 Å². The second kappa shape index (κ2) is 9.73. The van der Waals surface area contributed by atoms with Crippen molar-refractivity contribution in [2.45, 2.75) is 19.4 Å². The van der Waals surface area contributed by atoms with Crippen LogP contribution < -0.4 is 10.6 Å². The Kier molecular flexibility index (Phi) is 7.59. The summed E-state index contributed by atoms with van der Waals surface area (Å²) in [6.45, 7) is 2.28. The van der Waals surface area contributed by atoms with Gasteiger partial charge in [-0.2, -0.15) is 5.26 Å². The molecule has 1 aromatic rings. The summed E-state index contributed by atoms with van der Waals surface area (Å²) in [6, 6.07) is 7.71. The van der Waals surface area contributed by atoms with Gasteiger partial charge >= 0.3 is 0 Å². The molecule has 2 rings (SSSR count). The number of carbonyl (C=O) groups excluding carboxylic acids is 2. The van der Waals surface area contributed by atoms with Crippen LogP contribution in [0, 0.1) is 11.3 Å². The number of hydrogen-bond donors (Lipinski definition) is 1. The van der Waals surface area contributed by atoms with Gasteiger partial charge in [0.1, 0.15) is 11.6 Å². The summed E-state index contributed by atoms with van der Waals surface area (Å²) in [5, 5.41) is 9.64. The highest BCUT2D eigenvalue weighted by atomic mass is 32.2. The molecular formula is C20H27N5O4S. The van der Waals surface area contributed by atoms with Crippen molar-refractivity contribution in [2.24, 2.45) is 0 Å². The third-order valence-corrected chi connectivity index (χ3v) is 6.55. The molecule has 1 aliphatic heterocycles. The summed E-state index contributed by atoms with van der Waals surface area (Å²) in [6.07, 6.45) is 1.80. The predicted molar refractivity (Wildman–Crippen MR) is 115 cm³/mol. The monoisotopic (exact) mass is 433 g/mol. The van der Waals surface area contributed by atoms with Crippen molar-refractivity contribution in [3.05, 3.63) is 36.0 Å². The molecule has 2 amide bonds. The predicted octanol–water partition coefficient (Wildman–Crippen LogP) is 0.606. The molecule has 2 N–H and O–H groups in total. The molecule has 10 heteroatoms. The van der Waals surface area contributed by atoms with Gasteiger partial charge in [-0.05, 0) is 44.8 Å². The average Bonchev–Trinajstić information content (AvgIpc) is 3.02. The number of benzene rings is 1. The van der Waals surface area contributed by atoms with Crippen LogP contribution in [0.15, 0.2) is 36.0 Å². The first-order chi connectivity index (χ1) is 14.0. The number of nitrogen functional groups attached to an aromatic ring is 1. The Balaban J connectivity index is 2.37. The summed E-state index contributed by atoms with van der Waals surface area (Å²) < 4.78 is 23.9. The Bertz CT molecular complexity index is 964. The SMILES string of the molecule is CC(=O)N(C(=O)/C(C#N)=C\N(CCN(C)C)C1CCS(=O)(=O)C1)c1ccc(N)cc1. The first kappa shape index (κ1) is 23.4. The molecular weight excluding hydrogens is 406 g/mol. The zero-order chi connectivity index (χ0) is 22.5. The highest BCUT2D eigenvalue weighted by molar-refractivity contribution is 7.91. The zero-order valence-corrected chi connectivity index (χ0v) is 18.2. The number of anilines is 2. The van der Waals surface area contributed by atoms with E-state index in [0.29, 0.717) is 30.9 Å². The molecule has 0 spiro atoms. The topological polar surface area (TPSA) is 128 Å². The molecule has 1 heterocycles. The fourth-order valence-corrected chi connectivity index (χ4v) is 4.93. The van der Waals surface area contributed by atoms with E-state index in [9.17, 15) is 23.3 Å². The molecule has 1 aliphatic rings. The highest BCUT2D eigenvalue weighted by Gasteiger charge is 2.32. The van der Waals surface area contributed by atoms with E-state index in [1.807, 2.05) is 25.1 Å². The second-order valence-electron chi connectivity index (χ2n) is 7.50. The Labute approximate surface area is 177 Å². The maximum Gasteiger partial charge on any atom is 0.277 e. The molecule has 1 atom stereocenters. The Morgan fingerprint density at radius 1 is 1.23 bits per heavy atom. The average molecular weight is 434 g/mol. The van der Waals surface area contributed by atoms with E-state index < -0.39 is 21.7 Å². The lowest BCUT2D eigenvalue weighted by molar-refractivity contribution is -0.123. The van der Waals surface area contributed by atoms with Crippen LogP contribution in [0.1, 0.15) is 13.3 Å². The van der Waals surface area contributed by atoms with Gasteiger partial charge < -0.3 is 15.5 Å². The minimum atomic E-state index is -3.15. The van der Waals surface area contributed by atoms with E-state index >= 15 is 0 Å². The molecule has 162 valence electrons. The van der Waals surface area contributed by atoms with Gasteiger partial charge in [-0.3, -0.25) is 9.59 Å². The molecule has 1 aromatic carbocycles. The number of amides is 2. The number of likely N-dealkylation sites (N-methyl/N-ethyl adjacent to an activating group) is 1. The van der Waals surface area contributed by atoms with Crippen molar-refractivity contribution in [2.75, 3.05) is 49.3 Å². The van der Waals surface area contributed by atoms with Crippen LogP contribution >= 0.6 is 0 Å². The summed E-state index contributed by atoms with van der Waals surface area (Å²) >= 11 is 0. The number of rotatable bonds is 7. The van der Waals surface area contributed by atoms with Crippen molar-refractivity contribution < 1.29 is 18.0 Å². The van der Waals surface area contributed by atoms with Crippen molar-refractivity contribution in [1.82, 2.24) is 9.80 Å². The maximum absolute atomic E-state index is 13.0. The Hall–Kier alpha value is -2.90. The van der Waals surface area contributed by atoms with Crippen LogP contribution in [0.5, 0.6) is 0 Å². The van der Waals surface area contributed by atoms with E-state index in [2.05, 4.69) is 0 Å². The van der Waals surface area contributed by atoms with Gasteiger partial charge in [0.15, 0.2) is 9.84 Å². The van der Waals surface area contributed by atoms with Crippen LogP contribution in [0.2, 0.25) is 0 Å². The maximum atomic E-state index is 13.0. The smallest absolute Gasteiger partial charge is 0.277 e. The minimum absolute atomic E-state index is 0.0296. The molecule has 0 aromatic heterocycles. The van der Waals surface area contributed by atoms with Crippen molar-refractivity contribution in [3.63, 3.8) is 0 Å². The molecule has 0 saturated carbocycles. The number of nitrogens with two attached hydrogens (primary N) is 1. The largest absolute Gasteiger partial charge is 0.399 e. The Morgan fingerprint density at radius 2 is 1.87 bits per heavy atom. The number of sulfone groups is 1. The fraction of sp³-hybridized carbons (Fsp3) is 0.450. The van der Waals surface area contributed by atoms with Gasteiger partial charge in [-0.15, -0.1) is 0 Å².